The van der Waals surface area contributed by atoms with Crippen molar-refractivity contribution in [3.05, 3.63) is 0 Å². The van der Waals surface area contributed by atoms with Crippen molar-refractivity contribution in [1.82, 2.24) is 5.32 Å². The lowest BCUT2D eigenvalue weighted by Gasteiger charge is -2.19. The summed E-state index contributed by atoms with van der Waals surface area (Å²) >= 11 is 0. The first-order chi connectivity index (χ1) is 6.07. The summed E-state index contributed by atoms with van der Waals surface area (Å²) in [5, 5.41) is 3.45. The normalized spacial score (nSPS) is 18.2. The van der Waals surface area contributed by atoms with Crippen LogP contribution in [0.25, 0.3) is 0 Å². The molecule has 0 spiro atoms. The molecule has 2 nitrogen and oxygen atoms in total. The minimum atomic E-state index is -0.633. The van der Waals surface area contributed by atoms with E-state index in [1.165, 1.54) is 6.42 Å². The third kappa shape index (κ3) is 7.20. The molecule has 0 radical (unpaired) electrons. The number of nitrogens with one attached hydrogen (secondary N) is 1. The monoisotopic (exact) mass is 205 g/mol. The van der Waals surface area contributed by atoms with Crippen molar-refractivity contribution < 1.29 is 4.21 Å². The van der Waals surface area contributed by atoms with Gasteiger partial charge in [-0.3, -0.25) is 4.21 Å². The lowest BCUT2D eigenvalue weighted by atomic mass is 10.0. The van der Waals surface area contributed by atoms with E-state index in [9.17, 15) is 4.21 Å². The minimum Gasteiger partial charge on any atom is -0.314 e. The Morgan fingerprint density at radius 1 is 1.38 bits per heavy atom. The highest BCUT2D eigenvalue weighted by Gasteiger charge is 2.08. The summed E-state index contributed by atoms with van der Waals surface area (Å²) in [6, 6.07) is 0.579. The Morgan fingerprint density at radius 2 is 2.00 bits per heavy atom. The van der Waals surface area contributed by atoms with Crippen LogP contribution in [0.1, 0.15) is 33.6 Å². The highest BCUT2D eigenvalue weighted by Crippen LogP contribution is 2.06. The molecule has 3 heteroatoms. The van der Waals surface area contributed by atoms with E-state index >= 15 is 0 Å². The van der Waals surface area contributed by atoms with Gasteiger partial charge < -0.3 is 5.32 Å². The van der Waals surface area contributed by atoms with Crippen molar-refractivity contribution in [3.63, 3.8) is 0 Å². The second-order valence-electron chi connectivity index (χ2n) is 3.76. The molecule has 0 rings (SSSR count). The van der Waals surface area contributed by atoms with Gasteiger partial charge in [0, 0.05) is 28.9 Å². The quantitative estimate of drug-likeness (QED) is 0.642. The SMILES string of the molecule is CCC(C)C(C)NCCCS(C)=O. The van der Waals surface area contributed by atoms with Gasteiger partial charge in [-0.1, -0.05) is 20.3 Å². The number of hydrogen-bond donors (Lipinski definition) is 1. The van der Waals surface area contributed by atoms with Gasteiger partial charge in [-0.25, -0.2) is 0 Å². The van der Waals surface area contributed by atoms with Crippen molar-refractivity contribution in [2.24, 2.45) is 5.92 Å². The first-order valence-corrected chi connectivity index (χ1v) is 6.84. The summed E-state index contributed by atoms with van der Waals surface area (Å²) in [6.07, 6.45) is 4.00. The van der Waals surface area contributed by atoms with Crippen molar-refractivity contribution in [2.45, 2.75) is 39.7 Å². The van der Waals surface area contributed by atoms with Crippen molar-refractivity contribution >= 4 is 10.8 Å². The molecule has 0 aliphatic carbocycles. The highest BCUT2D eigenvalue weighted by atomic mass is 32.2. The van der Waals surface area contributed by atoms with Gasteiger partial charge in [0.25, 0.3) is 0 Å². The predicted molar refractivity (Wildman–Crippen MR) is 60.5 cm³/mol. The van der Waals surface area contributed by atoms with Crippen LogP contribution in [0.4, 0.5) is 0 Å². The topological polar surface area (TPSA) is 29.1 Å². The van der Waals surface area contributed by atoms with E-state index in [1.807, 2.05) is 0 Å². The van der Waals surface area contributed by atoms with Crippen LogP contribution in [0.3, 0.4) is 0 Å². The maximum atomic E-state index is 10.8. The molecule has 3 unspecified atom stereocenters. The molecule has 80 valence electrons. The molecule has 0 aromatic carbocycles. The van der Waals surface area contributed by atoms with E-state index in [1.54, 1.807) is 6.26 Å². The van der Waals surface area contributed by atoms with Gasteiger partial charge in [0.1, 0.15) is 0 Å². The molecule has 0 saturated heterocycles. The molecule has 0 aliphatic heterocycles. The van der Waals surface area contributed by atoms with Crippen LogP contribution in [-0.4, -0.2) is 28.8 Å². The first-order valence-electron chi connectivity index (χ1n) is 5.11. The largest absolute Gasteiger partial charge is 0.314 e. The van der Waals surface area contributed by atoms with Crippen LogP contribution in [0.2, 0.25) is 0 Å². The molecule has 0 amide bonds. The van der Waals surface area contributed by atoms with Crippen LogP contribution in [0.15, 0.2) is 0 Å². The minimum absolute atomic E-state index is 0.579. The van der Waals surface area contributed by atoms with E-state index in [4.69, 9.17) is 0 Å². The smallest absolute Gasteiger partial charge is 0.0244 e. The predicted octanol–water partition coefficient (Wildman–Crippen LogP) is 1.78. The first kappa shape index (κ1) is 13.1. The summed E-state index contributed by atoms with van der Waals surface area (Å²) in [5.41, 5.74) is 0. The Morgan fingerprint density at radius 3 is 2.46 bits per heavy atom. The molecule has 0 aromatic rings. The van der Waals surface area contributed by atoms with Gasteiger partial charge in [0.15, 0.2) is 0 Å². The molecule has 0 saturated carbocycles. The van der Waals surface area contributed by atoms with Gasteiger partial charge in [-0.2, -0.15) is 0 Å². The summed E-state index contributed by atoms with van der Waals surface area (Å²) in [4.78, 5) is 0. The molecule has 3 atom stereocenters. The molecular weight excluding hydrogens is 182 g/mol. The number of rotatable bonds is 7. The van der Waals surface area contributed by atoms with E-state index in [2.05, 4.69) is 26.1 Å². The van der Waals surface area contributed by atoms with Crippen LogP contribution >= 0.6 is 0 Å². The average molecular weight is 205 g/mol. The zero-order chi connectivity index (χ0) is 10.3. The fraction of sp³-hybridized carbons (Fsp3) is 1.00. The van der Waals surface area contributed by atoms with Gasteiger partial charge in [-0.05, 0) is 25.8 Å². The standard InChI is InChI=1S/C10H23NOS/c1-5-9(2)10(3)11-7-6-8-13(4)12/h9-11H,5-8H2,1-4H3. The highest BCUT2D eigenvalue weighted by molar-refractivity contribution is 7.84. The molecule has 0 fully saturated rings. The van der Waals surface area contributed by atoms with Gasteiger partial charge in [0.2, 0.25) is 0 Å². The van der Waals surface area contributed by atoms with Gasteiger partial charge >= 0.3 is 0 Å². The molecule has 0 aliphatic rings. The lowest BCUT2D eigenvalue weighted by molar-refractivity contribution is 0.392. The second kappa shape index (κ2) is 7.51. The Kier molecular flexibility index (Phi) is 7.57. The van der Waals surface area contributed by atoms with E-state index in [0.29, 0.717) is 6.04 Å². The van der Waals surface area contributed by atoms with E-state index < -0.39 is 10.8 Å². The fourth-order valence-corrected chi connectivity index (χ4v) is 1.71. The van der Waals surface area contributed by atoms with Crippen LogP contribution in [0.5, 0.6) is 0 Å². The number of hydrogen-bond acceptors (Lipinski definition) is 2. The van der Waals surface area contributed by atoms with E-state index in [-0.39, 0.29) is 0 Å². The third-order valence-corrected chi connectivity index (χ3v) is 3.44. The van der Waals surface area contributed by atoms with Gasteiger partial charge in [-0.15, -0.1) is 0 Å². The Labute approximate surface area is 84.9 Å². The fourth-order valence-electron chi connectivity index (χ4n) is 1.16. The maximum absolute atomic E-state index is 10.8. The van der Waals surface area contributed by atoms with E-state index in [0.717, 1.165) is 24.6 Å². The van der Waals surface area contributed by atoms with Crippen molar-refractivity contribution in [2.75, 3.05) is 18.6 Å². The van der Waals surface area contributed by atoms with Gasteiger partial charge in [0.05, 0.1) is 0 Å². The molecule has 0 heterocycles. The second-order valence-corrected chi connectivity index (χ2v) is 5.31. The molecule has 0 bridgehead atoms. The van der Waals surface area contributed by atoms with Crippen LogP contribution < -0.4 is 5.32 Å². The molecule has 13 heavy (non-hydrogen) atoms. The maximum Gasteiger partial charge on any atom is 0.0244 e. The summed E-state index contributed by atoms with van der Waals surface area (Å²) in [6.45, 7) is 7.68. The Hall–Kier alpha value is 0.110. The van der Waals surface area contributed by atoms with Crippen molar-refractivity contribution in [3.8, 4) is 0 Å². The van der Waals surface area contributed by atoms with Crippen LogP contribution in [0, 0.1) is 5.92 Å². The van der Waals surface area contributed by atoms with Crippen LogP contribution in [-0.2, 0) is 10.8 Å². The van der Waals surface area contributed by atoms with Crippen molar-refractivity contribution in [1.29, 1.82) is 0 Å². The summed E-state index contributed by atoms with van der Waals surface area (Å²) < 4.78 is 10.8. The molecule has 1 N–H and O–H groups in total. The Balaban J connectivity index is 3.36. The summed E-state index contributed by atoms with van der Waals surface area (Å²) in [7, 11) is -0.633. The zero-order valence-electron chi connectivity index (χ0n) is 9.30. The zero-order valence-corrected chi connectivity index (χ0v) is 10.1. The molecule has 0 aromatic heterocycles. The average Bonchev–Trinajstić information content (AvgIpc) is 2.10. The Bertz CT molecular complexity index is 150. The third-order valence-electron chi connectivity index (χ3n) is 2.57. The lowest BCUT2D eigenvalue weighted by Crippen LogP contribution is -2.33. The summed E-state index contributed by atoms with van der Waals surface area (Å²) in [5.74, 6) is 1.55. The molecular formula is C10H23NOS.